The second-order valence-electron chi connectivity index (χ2n) is 13.4. The lowest BCUT2D eigenvalue weighted by Crippen LogP contribution is -2.62. The summed E-state index contributed by atoms with van der Waals surface area (Å²) in [6.45, 7) is 13.9. The van der Waals surface area contributed by atoms with Crippen LogP contribution in [0.2, 0.25) is 0 Å². The maximum absolute atomic E-state index is 13.2. The van der Waals surface area contributed by atoms with Gasteiger partial charge in [-0.25, -0.2) is 0 Å². The summed E-state index contributed by atoms with van der Waals surface area (Å²) in [6.07, 6.45) is 18.9. The van der Waals surface area contributed by atoms with Crippen LogP contribution in [-0.2, 0) is 14.3 Å². The third-order valence-electron chi connectivity index (χ3n) is 11.7. The number of fused-ring (bicyclic) bond motifs is 7. The van der Waals surface area contributed by atoms with E-state index in [2.05, 4.69) is 52.7 Å². The van der Waals surface area contributed by atoms with E-state index in [9.17, 15) is 9.59 Å². The van der Waals surface area contributed by atoms with Crippen LogP contribution in [0.4, 0.5) is 0 Å². The molecule has 0 aromatic heterocycles. The molecule has 4 heteroatoms. The number of carbonyl (C=O) groups is 2. The van der Waals surface area contributed by atoms with E-state index >= 15 is 0 Å². The van der Waals surface area contributed by atoms with Gasteiger partial charge >= 0.3 is 0 Å². The van der Waals surface area contributed by atoms with E-state index < -0.39 is 5.41 Å². The molecule has 5 rings (SSSR count). The number of nitrogens with two attached hydrogens (primary N) is 1. The van der Waals surface area contributed by atoms with Crippen molar-refractivity contribution < 1.29 is 14.3 Å². The van der Waals surface area contributed by atoms with Gasteiger partial charge in [-0.3, -0.25) is 9.59 Å². The highest BCUT2D eigenvalue weighted by Crippen LogP contribution is 2.75. The second-order valence-corrected chi connectivity index (χ2v) is 13.4. The van der Waals surface area contributed by atoms with Gasteiger partial charge in [0, 0.05) is 16.4 Å². The lowest BCUT2D eigenvalue weighted by atomic mass is 9.34. The van der Waals surface area contributed by atoms with E-state index in [1.807, 2.05) is 6.92 Å². The fourth-order valence-corrected chi connectivity index (χ4v) is 8.97. The Labute approximate surface area is 216 Å². The normalized spacial score (nSPS) is 43.5. The molecule has 3 fully saturated rings. The number of ether oxygens (including phenoxy) is 1. The first-order valence-corrected chi connectivity index (χ1v) is 13.5. The van der Waals surface area contributed by atoms with Crippen LogP contribution >= 0.6 is 0 Å². The third kappa shape index (κ3) is 3.07. The molecule has 2 N–H and O–H groups in total. The highest BCUT2D eigenvalue weighted by atomic mass is 16.5. The van der Waals surface area contributed by atoms with Gasteiger partial charge in [-0.05, 0) is 91.3 Å². The number of amides is 1. The smallest absolute Gasteiger partial charge is 0.223 e. The summed E-state index contributed by atoms with van der Waals surface area (Å²) >= 11 is 0. The molecule has 0 bridgehead atoms. The number of rotatable bonds is 3. The Balaban J connectivity index is 1.61. The molecule has 4 unspecified atom stereocenters. The lowest BCUT2D eigenvalue weighted by Gasteiger charge is -2.70. The first-order chi connectivity index (χ1) is 16.8. The molecule has 36 heavy (non-hydrogen) atoms. The number of primary amides is 1. The largest absolute Gasteiger partial charge is 0.477 e. The van der Waals surface area contributed by atoms with Gasteiger partial charge in [-0.1, -0.05) is 58.3 Å². The minimum Gasteiger partial charge on any atom is -0.477 e. The van der Waals surface area contributed by atoms with Gasteiger partial charge in [0.05, 0.1) is 0 Å². The molecule has 4 nitrogen and oxygen atoms in total. The van der Waals surface area contributed by atoms with Gasteiger partial charge in [0.1, 0.15) is 6.61 Å². The molecule has 0 aliphatic heterocycles. The number of ketones is 1. The van der Waals surface area contributed by atoms with Crippen LogP contribution < -0.4 is 5.73 Å². The van der Waals surface area contributed by atoms with Crippen molar-refractivity contribution in [1.29, 1.82) is 0 Å². The van der Waals surface area contributed by atoms with Gasteiger partial charge in [-0.2, -0.15) is 0 Å². The van der Waals surface area contributed by atoms with E-state index in [0.29, 0.717) is 11.7 Å². The average molecular weight is 488 g/mol. The van der Waals surface area contributed by atoms with E-state index in [-0.39, 0.29) is 40.0 Å². The van der Waals surface area contributed by atoms with Gasteiger partial charge in [0.25, 0.3) is 0 Å². The van der Waals surface area contributed by atoms with Crippen LogP contribution in [0.25, 0.3) is 0 Å². The molecule has 0 saturated heterocycles. The molecule has 5 aliphatic carbocycles. The van der Waals surface area contributed by atoms with Crippen molar-refractivity contribution in [2.75, 3.05) is 6.61 Å². The minimum atomic E-state index is -0.435. The molecule has 0 heterocycles. The van der Waals surface area contributed by atoms with E-state index in [4.69, 9.17) is 16.9 Å². The van der Waals surface area contributed by atoms with Crippen LogP contribution in [-0.4, -0.2) is 18.3 Å². The molecular weight excluding hydrogens is 446 g/mol. The van der Waals surface area contributed by atoms with Crippen molar-refractivity contribution in [1.82, 2.24) is 0 Å². The third-order valence-corrected chi connectivity index (χ3v) is 11.7. The Bertz CT molecular complexity index is 1230. The predicted octanol–water partition coefficient (Wildman–Crippen LogP) is 6.19. The fourth-order valence-electron chi connectivity index (χ4n) is 8.97. The van der Waals surface area contributed by atoms with E-state index in [0.717, 1.165) is 61.7 Å². The highest BCUT2D eigenvalue weighted by Gasteiger charge is 2.67. The number of hydrogen-bond donors (Lipinski definition) is 1. The molecule has 5 aliphatic rings. The molecule has 6 atom stereocenters. The van der Waals surface area contributed by atoms with Gasteiger partial charge in [-0.15, -0.1) is 6.42 Å². The van der Waals surface area contributed by atoms with E-state index in [1.54, 1.807) is 6.08 Å². The summed E-state index contributed by atoms with van der Waals surface area (Å²) < 4.78 is 5.66. The monoisotopic (exact) mass is 487 g/mol. The molecular formula is C32H41NO3. The highest BCUT2D eigenvalue weighted by molar-refractivity contribution is 6.07. The van der Waals surface area contributed by atoms with Crippen LogP contribution in [0.3, 0.4) is 0 Å². The van der Waals surface area contributed by atoms with Crippen LogP contribution in [0.1, 0.15) is 86.5 Å². The zero-order valence-corrected chi connectivity index (χ0v) is 22.8. The zero-order valence-electron chi connectivity index (χ0n) is 22.8. The van der Waals surface area contributed by atoms with Gasteiger partial charge in [0.15, 0.2) is 5.76 Å². The molecule has 1 amide bonds. The van der Waals surface area contributed by atoms with Crippen molar-refractivity contribution in [2.45, 2.75) is 86.5 Å². The quantitative estimate of drug-likeness (QED) is 0.483. The number of hydrogen-bond acceptors (Lipinski definition) is 3. The molecule has 3 saturated carbocycles. The summed E-state index contributed by atoms with van der Waals surface area (Å²) in [7, 11) is 0. The summed E-state index contributed by atoms with van der Waals surface area (Å²) in [6, 6.07) is 0. The van der Waals surface area contributed by atoms with Gasteiger partial charge < -0.3 is 10.5 Å². The number of allylic oxidation sites excluding steroid dienone is 7. The second kappa shape index (κ2) is 7.73. The number of terminal acetylenes is 1. The fraction of sp³-hybridized carbons (Fsp3) is 0.625. The predicted molar refractivity (Wildman–Crippen MR) is 142 cm³/mol. The van der Waals surface area contributed by atoms with Crippen LogP contribution in [0, 0.1) is 45.3 Å². The Hall–Kier alpha value is -2.54. The molecule has 192 valence electrons. The van der Waals surface area contributed by atoms with Crippen molar-refractivity contribution in [3.63, 3.8) is 0 Å². The average Bonchev–Trinajstić information content (AvgIpc) is 2.82. The molecule has 0 aromatic carbocycles. The summed E-state index contributed by atoms with van der Waals surface area (Å²) in [4.78, 5) is 25.7. The minimum absolute atomic E-state index is 0.0240. The first kappa shape index (κ1) is 25.1. The Morgan fingerprint density at radius 1 is 1.08 bits per heavy atom. The first-order valence-electron chi connectivity index (χ1n) is 13.5. The SMILES string of the molecule is C#CCOC1=C(C)C2=CC=C3C(C)(CC[C@@]4(C)C5C[C@](C)(C(N)=O)CCC5(C)CCC34C)C2=CC1=O. The zero-order chi connectivity index (χ0) is 26.3. The van der Waals surface area contributed by atoms with Crippen molar-refractivity contribution in [2.24, 2.45) is 38.7 Å². The van der Waals surface area contributed by atoms with Crippen molar-refractivity contribution in [3.05, 3.63) is 46.3 Å². The number of carbonyl (C=O) groups excluding carboxylic acids is 2. The summed E-state index contributed by atoms with van der Waals surface area (Å²) in [5.74, 6) is 3.03. The lowest BCUT2D eigenvalue weighted by molar-refractivity contribution is -0.167. The summed E-state index contributed by atoms with van der Waals surface area (Å²) in [5, 5.41) is 0. The maximum atomic E-state index is 13.2. The Morgan fingerprint density at radius 2 is 1.78 bits per heavy atom. The Kier molecular flexibility index (Phi) is 5.40. The topological polar surface area (TPSA) is 69.4 Å². The summed E-state index contributed by atoms with van der Waals surface area (Å²) in [5.41, 5.74) is 10.1. The molecule has 0 aromatic rings. The Morgan fingerprint density at radius 3 is 2.44 bits per heavy atom. The molecule has 0 radical (unpaired) electrons. The van der Waals surface area contributed by atoms with E-state index in [1.165, 1.54) is 5.57 Å². The standard InChI is InChI=1S/C32H41NO3/c1-8-17-36-26-20(2)21-9-10-24-30(5,22(21)18-23(26)34)14-16-32(7)25-19-29(4,27(33)35)12-11-28(25,3)13-15-31(24,32)6/h1,9-10,18,25H,11-17,19H2,2-7H3,(H2,33,35)/t25?,28?,29-,30?,31?,32+/m1/s1. The van der Waals surface area contributed by atoms with Gasteiger partial charge in [0.2, 0.25) is 11.7 Å². The molecule has 0 spiro atoms. The van der Waals surface area contributed by atoms with Crippen LogP contribution in [0.5, 0.6) is 0 Å². The van der Waals surface area contributed by atoms with Crippen molar-refractivity contribution in [3.8, 4) is 12.3 Å². The van der Waals surface area contributed by atoms with Crippen molar-refractivity contribution >= 4 is 11.7 Å². The maximum Gasteiger partial charge on any atom is 0.223 e. The van der Waals surface area contributed by atoms with Crippen LogP contribution in [0.15, 0.2) is 46.3 Å².